The van der Waals surface area contributed by atoms with Crippen LogP contribution in [0.4, 0.5) is 4.79 Å². The highest BCUT2D eigenvalue weighted by Gasteiger charge is 2.44. The van der Waals surface area contributed by atoms with Gasteiger partial charge < -0.3 is 19.8 Å². The van der Waals surface area contributed by atoms with Crippen molar-refractivity contribution in [3.05, 3.63) is 53.9 Å². The van der Waals surface area contributed by atoms with Gasteiger partial charge in [-0.05, 0) is 64.8 Å². The summed E-state index contributed by atoms with van der Waals surface area (Å²) >= 11 is 0. The molecule has 2 N–H and O–H groups in total. The molecule has 0 bridgehead atoms. The fraction of sp³-hybridized carbons (Fsp3) is 0.522. The molecule has 3 rings (SSSR count). The Kier molecular flexibility index (Phi) is 6.74. The highest BCUT2D eigenvalue weighted by molar-refractivity contribution is 7.90. The number of hydrogen-bond acceptors (Lipinski definition) is 6. The molecule has 1 aromatic carbocycles. The third-order valence-corrected chi connectivity index (χ3v) is 7.63. The maximum atomic E-state index is 13.2. The van der Waals surface area contributed by atoms with Crippen LogP contribution in [-0.2, 0) is 14.8 Å². The summed E-state index contributed by atoms with van der Waals surface area (Å²) in [6, 6.07) is 9.60. The minimum Gasteiger partial charge on any atom is -0.444 e. The van der Waals surface area contributed by atoms with Gasteiger partial charge in [-0.1, -0.05) is 17.7 Å². The van der Waals surface area contributed by atoms with E-state index >= 15 is 0 Å². The lowest BCUT2D eigenvalue weighted by Gasteiger charge is -2.43. The fourth-order valence-corrected chi connectivity index (χ4v) is 5.30. The van der Waals surface area contributed by atoms with Crippen LogP contribution in [-0.4, -0.2) is 58.9 Å². The molecule has 1 aliphatic heterocycles. The molecule has 32 heavy (non-hydrogen) atoms. The highest BCUT2D eigenvalue weighted by atomic mass is 32.2. The van der Waals surface area contributed by atoms with E-state index in [-0.39, 0.29) is 30.3 Å². The van der Waals surface area contributed by atoms with E-state index in [1.54, 1.807) is 49.9 Å². The Bertz CT molecular complexity index is 1040. The summed E-state index contributed by atoms with van der Waals surface area (Å²) < 4.78 is 32.9. The molecular weight excluding hydrogens is 432 g/mol. The van der Waals surface area contributed by atoms with Gasteiger partial charge in [0.05, 0.1) is 17.2 Å². The molecule has 1 saturated heterocycles. The molecule has 1 aliphatic rings. The molecule has 1 aromatic heterocycles. The molecule has 1 amide bonds. The number of amides is 1. The number of piperidine rings is 1. The second-order valence-electron chi connectivity index (χ2n) is 9.44. The normalized spacial score (nSPS) is 17.8. The summed E-state index contributed by atoms with van der Waals surface area (Å²) in [6.07, 6.45) is 0.334. The molecule has 1 unspecified atom stereocenters. The average molecular weight is 465 g/mol. The molecule has 0 saturated carbocycles. The standard InChI is InChI=1S/C23H32N2O6S/c1-17-7-9-18(10-8-17)32(29,30)25-13-5-6-19(25)20(27)23(16-26)11-14-24(15-12-23)21(28)31-22(2,3)4/h5-10,13,20,26-27H,11-12,14-16H2,1-4H3. The zero-order valence-corrected chi connectivity index (χ0v) is 19.8. The number of benzene rings is 1. The summed E-state index contributed by atoms with van der Waals surface area (Å²) in [7, 11) is -3.92. The van der Waals surface area contributed by atoms with Crippen LogP contribution >= 0.6 is 0 Å². The number of aryl methyl sites for hydroxylation is 1. The van der Waals surface area contributed by atoms with Gasteiger partial charge in [-0.25, -0.2) is 17.2 Å². The second kappa shape index (κ2) is 8.88. The molecule has 8 nitrogen and oxygen atoms in total. The van der Waals surface area contributed by atoms with E-state index in [0.29, 0.717) is 12.8 Å². The summed E-state index contributed by atoms with van der Waals surface area (Å²) in [5.41, 5.74) is -0.469. The van der Waals surface area contributed by atoms with Crippen LogP contribution < -0.4 is 0 Å². The van der Waals surface area contributed by atoms with Crippen molar-refractivity contribution in [3.8, 4) is 0 Å². The van der Waals surface area contributed by atoms with Gasteiger partial charge in [0.2, 0.25) is 0 Å². The molecular formula is C23H32N2O6S. The predicted molar refractivity (Wildman–Crippen MR) is 120 cm³/mol. The summed E-state index contributed by atoms with van der Waals surface area (Å²) in [5.74, 6) is 0. The molecule has 2 aromatic rings. The Labute approximate surface area is 189 Å². The molecule has 2 heterocycles. The van der Waals surface area contributed by atoms with E-state index in [0.717, 1.165) is 9.54 Å². The molecule has 0 radical (unpaired) electrons. The van der Waals surface area contributed by atoms with Crippen molar-refractivity contribution in [1.29, 1.82) is 0 Å². The van der Waals surface area contributed by atoms with Crippen LogP contribution in [0.15, 0.2) is 47.5 Å². The molecule has 176 valence electrons. The Morgan fingerprint density at radius 2 is 1.75 bits per heavy atom. The third kappa shape index (κ3) is 4.84. The smallest absolute Gasteiger partial charge is 0.410 e. The summed E-state index contributed by atoms with van der Waals surface area (Å²) in [5, 5.41) is 21.5. The number of nitrogens with zero attached hydrogens (tertiary/aromatic N) is 2. The lowest BCUT2D eigenvalue weighted by atomic mass is 9.73. The molecule has 0 spiro atoms. The van der Waals surface area contributed by atoms with Crippen molar-refractivity contribution < 1.29 is 28.2 Å². The fourth-order valence-electron chi connectivity index (χ4n) is 3.93. The highest BCUT2D eigenvalue weighted by Crippen LogP contribution is 2.43. The first-order valence-electron chi connectivity index (χ1n) is 10.7. The Balaban J connectivity index is 1.84. The first-order chi connectivity index (χ1) is 14.9. The first kappa shape index (κ1) is 24.3. The van der Waals surface area contributed by atoms with Crippen LogP contribution in [0.2, 0.25) is 0 Å². The summed E-state index contributed by atoms with van der Waals surface area (Å²) in [6.45, 7) is 7.48. The lowest BCUT2D eigenvalue weighted by molar-refractivity contribution is -0.0651. The van der Waals surface area contributed by atoms with Crippen molar-refractivity contribution in [1.82, 2.24) is 8.87 Å². The van der Waals surface area contributed by atoms with Gasteiger partial charge in [-0.15, -0.1) is 0 Å². The molecule has 0 aliphatic carbocycles. The number of rotatable bonds is 5. The first-order valence-corrected chi connectivity index (χ1v) is 12.1. The number of likely N-dealkylation sites (tertiary alicyclic amines) is 1. The Morgan fingerprint density at radius 1 is 1.16 bits per heavy atom. The van der Waals surface area contributed by atoms with E-state index in [1.165, 1.54) is 18.3 Å². The van der Waals surface area contributed by atoms with Crippen LogP contribution in [0.25, 0.3) is 0 Å². The van der Waals surface area contributed by atoms with E-state index < -0.39 is 33.2 Å². The van der Waals surface area contributed by atoms with E-state index in [9.17, 15) is 23.4 Å². The van der Waals surface area contributed by atoms with Crippen molar-refractivity contribution in [2.24, 2.45) is 5.41 Å². The van der Waals surface area contributed by atoms with Gasteiger partial charge in [-0.2, -0.15) is 0 Å². The van der Waals surface area contributed by atoms with E-state index in [2.05, 4.69) is 0 Å². The third-order valence-electron chi connectivity index (χ3n) is 5.91. The zero-order valence-electron chi connectivity index (χ0n) is 19.0. The quantitative estimate of drug-likeness (QED) is 0.704. The maximum absolute atomic E-state index is 13.2. The predicted octanol–water partition coefficient (Wildman–Crippen LogP) is 3.08. The van der Waals surface area contributed by atoms with Crippen LogP contribution in [0.3, 0.4) is 0 Å². The maximum Gasteiger partial charge on any atom is 0.410 e. The van der Waals surface area contributed by atoms with E-state index in [1.807, 2.05) is 6.92 Å². The van der Waals surface area contributed by atoms with Gasteiger partial charge in [0.15, 0.2) is 0 Å². The van der Waals surface area contributed by atoms with Crippen LogP contribution in [0.1, 0.15) is 51.0 Å². The number of ether oxygens (including phenoxy) is 1. The van der Waals surface area contributed by atoms with Crippen molar-refractivity contribution in [2.45, 2.75) is 57.1 Å². The number of aliphatic hydroxyl groups excluding tert-OH is 2. The monoisotopic (exact) mass is 464 g/mol. The van der Waals surface area contributed by atoms with Crippen molar-refractivity contribution in [2.75, 3.05) is 19.7 Å². The lowest BCUT2D eigenvalue weighted by Crippen LogP contribution is -2.48. The van der Waals surface area contributed by atoms with Gasteiger partial charge in [0.25, 0.3) is 10.0 Å². The largest absolute Gasteiger partial charge is 0.444 e. The zero-order chi connectivity index (χ0) is 23.7. The molecule has 9 heteroatoms. The van der Waals surface area contributed by atoms with Gasteiger partial charge >= 0.3 is 6.09 Å². The Hall–Kier alpha value is -2.36. The van der Waals surface area contributed by atoms with Crippen molar-refractivity contribution in [3.63, 3.8) is 0 Å². The number of aliphatic hydroxyl groups is 2. The number of hydrogen-bond donors (Lipinski definition) is 2. The Morgan fingerprint density at radius 3 is 2.28 bits per heavy atom. The molecule has 1 fully saturated rings. The topological polar surface area (TPSA) is 109 Å². The van der Waals surface area contributed by atoms with Crippen LogP contribution in [0.5, 0.6) is 0 Å². The van der Waals surface area contributed by atoms with Gasteiger partial charge in [0.1, 0.15) is 11.7 Å². The SMILES string of the molecule is Cc1ccc(S(=O)(=O)n2cccc2C(O)C2(CO)CCN(C(=O)OC(C)(C)C)CC2)cc1. The van der Waals surface area contributed by atoms with Crippen LogP contribution in [0, 0.1) is 12.3 Å². The number of carbonyl (C=O) groups is 1. The molecule has 1 atom stereocenters. The van der Waals surface area contributed by atoms with Gasteiger partial charge in [0, 0.05) is 24.7 Å². The van der Waals surface area contributed by atoms with Gasteiger partial charge in [-0.3, -0.25) is 0 Å². The number of carbonyl (C=O) groups excluding carboxylic acids is 1. The summed E-state index contributed by atoms with van der Waals surface area (Å²) in [4.78, 5) is 14.0. The minimum atomic E-state index is -3.92. The second-order valence-corrected chi connectivity index (χ2v) is 11.3. The van der Waals surface area contributed by atoms with E-state index in [4.69, 9.17) is 4.74 Å². The average Bonchev–Trinajstić information content (AvgIpc) is 3.23. The minimum absolute atomic E-state index is 0.116. The van der Waals surface area contributed by atoms with Crippen molar-refractivity contribution >= 4 is 16.1 Å². The number of aromatic nitrogens is 1.